The summed E-state index contributed by atoms with van der Waals surface area (Å²) in [6, 6.07) is 9.76. The van der Waals surface area contributed by atoms with Crippen LogP contribution in [0.3, 0.4) is 0 Å². The molecule has 1 aromatic rings. The zero-order valence-corrected chi connectivity index (χ0v) is 33.5. The minimum absolute atomic E-state index is 0.0661. The Bertz CT molecular complexity index is 1970. The van der Waals surface area contributed by atoms with E-state index >= 15 is 4.79 Å². The first-order valence-corrected chi connectivity index (χ1v) is 20.3. The number of rotatable bonds is 9. The monoisotopic (exact) mass is 769 g/mol. The highest BCUT2D eigenvalue weighted by atomic mass is 16.4. The highest BCUT2D eigenvalue weighted by Crippen LogP contribution is 2.80. The fourth-order valence-electron chi connectivity index (χ4n) is 13.5. The zero-order valence-electron chi connectivity index (χ0n) is 33.5. The molecule has 6 aliphatic rings. The van der Waals surface area contributed by atoms with Gasteiger partial charge in [-0.1, -0.05) is 96.0 Å². The SMILES string of the molecule is C[C@H](C(=O)O)C(=O)[C@@H](O)[C@H](CN=C(N)N)[C@@H]1CCCC[C@H]2C(=O)C3=C4[C@]5(C)[C@@]2(C)[C@@H]1C[C@@]5(O)C=C[C@@]4(O)[C@H](C=Cc1ccccc1)[C@H]1C(C)(C)C(=O)CC[C@]31C. The molecule has 7 rings (SSSR count). The van der Waals surface area contributed by atoms with E-state index < -0.39 is 92.1 Å². The van der Waals surface area contributed by atoms with Gasteiger partial charge in [-0.05, 0) is 73.0 Å². The van der Waals surface area contributed by atoms with Crippen LogP contribution in [0.4, 0.5) is 0 Å². The molecular weight excluding hydrogens is 711 g/mol. The number of Topliss-reactive ketones (excluding diaryl/α,β-unsaturated/α-hetero) is 3. The standard InChI is InChI=1S/C45H59N3O8/c1-24(38(53)54)33(50)34(51)27(23-48-39(46)47)26-14-10-11-15-28-35(52)32-37-43(6)42(28,5)30(26)22-44(43,55)20-21-45(37,56)29(17-16-25-12-8-7-9-13-25)36-40(2,3)31(49)18-19-41(32,36)4/h7-9,12-13,16-17,20-21,24,26-30,34,36,51,55-56H,10-11,14-15,18-19,22-23H2,1-6H3,(H,53,54)(H4,46,47,48)/t24-,26-,27+,28-,29+,30+,34-,36-,41+,42+,43+,44-,45+/m0/s1. The summed E-state index contributed by atoms with van der Waals surface area (Å²) in [6.07, 6.45) is 8.90. The van der Waals surface area contributed by atoms with Crippen LogP contribution >= 0.6 is 0 Å². The number of nitrogens with two attached hydrogens (primary N) is 2. The largest absolute Gasteiger partial charge is 0.481 e. The Kier molecular flexibility index (Phi) is 9.57. The third-order valence-electron chi connectivity index (χ3n) is 16.4. The maximum Gasteiger partial charge on any atom is 0.313 e. The summed E-state index contributed by atoms with van der Waals surface area (Å²) in [5.74, 6) is -7.53. The molecule has 6 aliphatic carbocycles. The number of hydrogen-bond acceptors (Lipinski definition) is 8. The maximum absolute atomic E-state index is 15.8. The molecule has 11 heteroatoms. The Hall–Kier alpha value is -3.93. The number of aliphatic imine (C=N–C) groups is 1. The van der Waals surface area contributed by atoms with Crippen molar-refractivity contribution >= 4 is 35.4 Å². The van der Waals surface area contributed by atoms with Crippen LogP contribution in [0.15, 0.2) is 64.7 Å². The van der Waals surface area contributed by atoms with Crippen LogP contribution in [0.5, 0.6) is 0 Å². The van der Waals surface area contributed by atoms with Gasteiger partial charge in [0.25, 0.3) is 0 Å². The molecule has 13 atom stereocenters. The summed E-state index contributed by atoms with van der Waals surface area (Å²) in [5.41, 5.74) is 6.35. The van der Waals surface area contributed by atoms with Crippen LogP contribution in [0.1, 0.15) is 92.1 Å². The van der Waals surface area contributed by atoms with E-state index in [1.807, 2.05) is 70.2 Å². The van der Waals surface area contributed by atoms with Crippen LogP contribution < -0.4 is 11.5 Å². The van der Waals surface area contributed by atoms with Gasteiger partial charge in [0.05, 0.1) is 5.60 Å². The van der Waals surface area contributed by atoms with Crippen molar-refractivity contribution in [3.8, 4) is 0 Å². The van der Waals surface area contributed by atoms with E-state index in [9.17, 15) is 34.8 Å². The summed E-state index contributed by atoms with van der Waals surface area (Å²) >= 11 is 0. The van der Waals surface area contributed by atoms with Gasteiger partial charge in [0.2, 0.25) is 0 Å². The van der Waals surface area contributed by atoms with Crippen molar-refractivity contribution in [2.24, 2.45) is 79.5 Å². The molecule has 8 N–H and O–H groups in total. The number of carbonyl (C=O) groups excluding carboxylic acids is 3. The predicted octanol–water partition coefficient (Wildman–Crippen LogP) is 4.63. The topological polar surface area (TPSA) is 214 Å². The Morgan fingerprint density at radius 1 is 1.00 bits per heavy atom. The third-order valence-corrected chi connectivity index (χ3v) is 16.4. The smallest absolute Gasteiger partial charge is 0.313 e. The number of carboxylic acid groups (broad SMARTS) is 1. The van der Waals surface area contributed by atoms with Crippen molar-refractivity contribution in [3.05, 3.63) is 65.3 Å². The van der Waals surface area contributed by atoms with Gasteiger partial charge in [0.1, 0.15) is 23.4 Å². The molecular formula is C45H59N3O8. The lowest BCUT2D eigenvalue weighted by molar-refractivity contribution is -0.171. The first-order valence-electron chi connectivity index (χ1n) is 20.3. The average Bonchev–Trinajstić information content (AvgIpc) is 3.32. The highest BCUT2D eigenvalue weighted by molar-refractivity contribution is 6.04. The quantitative estimate of drug-likeness (QED) is 0.0887. The number of aliphatic hydroxyl groups excluding tert-OH is 1. The zero-order chi connectivity index (χ0) is 41.0. The molecule has 0 aromatic heterocycles. The second-order valence-electron chi connectivity index (χ2n) is 19.1. The first-order chi connectivity index (χ1) is 26.1. The van der Waals surface area contributed by atoms with Crippen molar-refractivity contribution < 1.29 is 39.6 Å². The number of allylic oxidation sites excluding steroid dienone is 1. The van der Waals surface area contributed by atoms with Crippen molar-refractivity contribution in [1.29, 1.82) is 0 Å². The molecule has 302 valence electrons. The lowest BCUT2D eigenvalue weighted by Crippen LogP contribution is -2.71. The molecule has 56 heavy (non-hydrogen) atoms. The second-order valence-corrected chi connectivity index (χ2v) is 19.1. The first kappa shape index (κ1) is 40.3. The normalized spacial score (nSPS) is 41.2. The molecule has 0 amide bonds. The molecule has 0 spiro atoms. The Labute approximate surface area is 329 Å². The second kappa shape index (κ2) is 13.3. The van der Waals surface area contributed by atoms with Crippen molar-refractivity contribution in [2.45, 2.75) is 104 Å². The Morgan fingerprint density at radius 2 is 1.66 bits per heavy atom. The van der Waals surface area contributed by atoms with E-state index in [0.717, 1.165) is 5.56 Å². The predicted molar refractivity (Wildman–Crippen MR) is 211 cm³/mol. The molecule has 11 nitrogen and oxygen atoms in total. The minimum Gasteiger partial charge on any atom is -0.481 e. The van der Waals surface area contributed by atoms with Gasteiger partial charge in [-0.2, -0.15) is 0 Å². The lowest BCUT2D eigenvalue weighted by atomic mass is 9.34. The van der Waals surface area contributed by atoms with Crippen LogP contribution in [0.2, 0.25) is 0 Å². The van der Waals surface area contributed by atoms with Gasteiger partial charge >= 0.3 is 5.97 Å². The average molecular weight is 770 g/mol. The van der Waals surface area contributed by atoms with Crippen LogP contribution in [-0.4, -0.2) is 73.6 Å². The molecule has 0 aliphatic heterocycles. The van der Waals surface area contributed by atoms with Crippen LogP contribution in [-0.2, 0) is 19.2 Å². The minimum atomic E-state index is -1.75. The van der Waals surface area contributed by atoms with Gasteiger partial charge in [0.15, 0.2) is 17.5 Å². The Morgan fingerprint density at radius 3 is 2.30 bits per heavy atom. The maximum atomic E-state index is 15.8. The van der Waals surface area contributed by atoms with Gasteiger partial charge in [0, 0.05) is 52.5 Å². The molecule has 1 aromatic carbocycles. The van der Waals surface area contributed by atoms with Gasteiger partial charge in [-0.3, -0.25) is 24.2 Å². The van der Waals surface area contributed by atoms with Crippen LogP contribution in [0, 0.1) is 63.1 Å². The fraction of sp³-hybridized carbons (Fsp3) is 0.622. The number of guanidine groups is 1. The molecule has 3 saturated carbocycles. The number of fused-ring (bicyclic) bond motifs is 2. The number of aliphatic hydroxyl groups is 3. The molecule has 0 radical (unpaired) electrons. The van der Waals surface area contributed by atoms with Gasteiger partial charge in [-0.15, -0.1) is 0 Å². The number of hydrogen-bond donors (Lipinski definition) is 6. The van der Waals surface area contributed by atoms with Crippen molar-refractivity contribution in [2.75, 3.05) is 6.54 Å². The summed E-state index contributed by atoms with van der Waals surface area (Å²) in [7, 11) is 0. The number of ketones is 3. The van der Waals surface area contributed by atoms with Gasteiger partial charge < -0.3 is 31.9 Å². The molecule has 3 fully saturated rings. The number of carbonyl (C=O) groups is 4. The van der Waals surface area contributed by atoms with E-state index in [1.54, 1.807) is 12.2 Å². The number of carboxylic acids is 1. The highest BCUT2D eigenvalue weighted by Gasteiger charge is 2.81. The van der Waals surface area contributed by atoms with Crippen molar-refractivity contribution in [1.82, 2.24) is 0 Å². The van der Waals surface area contributed by atoms with Gasteiger partial charge in [-0.25, -0.2) is 0 Å². The van der Waals surface area contributed by atoms with E-state index in [1.165, 1.54) is 6.92 Å². The fourth-order valence-corrected chi connectivity index (χ4v) is 13.5. The summed E-state index contributed by atoms with van der Waals surface area (Å²) in [5, 5.41) is 48.4. The third kappa shape index (κ3) is 5.28. The lowest BCUT2D eigenvalue weighted by Gasteiger charge is -2.69. The number of nitrogens with zero attached hydrogens (tertiary/aromatic N) is 1. The summed E-state index contributed by atoms with van der Waals surface area (Å²) < 4.78 is 0. The van der Waals surface area contributed by atoms with Crippen LogP contribution in [0.25, 0.3) is 6.08 Å². The molecule has 0 heterocycles. The number of aliphatic carboxylic acids is 1. The summed E-state index contributed by atoms with van der Waals surface area (Å²) in [4.78, 5) is 59.5. The van der Waals surface area contributed by atoms with E-state index in [0.29, 0.717) is 43.3 Å². The molecule has 0 saturated heterocycles. The van der Waals surface area contributed by atoms with E-state index in [4.69, 9.17) is 11.5 Å². The van der Waals surface area contributed by atoms with E-state index in [2.05, 4.69) is 11.9 Å². The van der Waals surface area contributed by atoms with E-state index in [-0.39, 0.29) is 36.9 Å². The number of benzene rings is 1. The Balaban J connectivity index is 1.48. The van der Waals surface area contributed by atoms with Crippen molar-refractivity contribution in [3.63, 3.8) is 0 Å². The summed E-state index contributed by atoms with van der Waals surface area (Å²) in [6.45, 7) is 11.1. The molecule has 0 bridgehead atoms. The molecule has 0 unspecified atom stereocenters.